The van der Waals surface area contributed by atoms with E-state index in [2.05, 4.69) is 0 Å². The molecule has 0 saturated carbocycles. The Morgan fingerprint density at radius 2 is 1.58 bits per heavy atom. The Morgan fingerprint density at radius 1 is 0.895 bits per heavy atom. The summed E-state index contributed by atoms with van der Waals surface area (Å²) in [7, 11) is 0. The van der Waals surface area contributed by atoms with Crippen molar-refractivity contribution in [2.75, 3.05) is 0 Å². The Kier molecular flexibility index (Phi) is 5.20. The van der Waals surface area contributed by atoms with Crippen molar-refractivity contribution in [3.8, 4) is 11.5 Å². The molecule has 2 N–H and O–H groups in total. The molecule has 0 spiro atoms. The van der Waals surface area contributed by atoms with Crippen molar-refractivity contribution < 1.29 is 17.9 Å². The molecule has 0 aliphatic carbocycles. The third kappa shape index (κ3) is 3.19. The Morgan fingerprint density at radius 3 is 2.21 bits per heavy atom. The molecule has 0 aliphatic rings. The van der Waals surface area contributed by atoms with E-state index in [0.29, 0.717) is 0 Å². The van der Waals surface area contributed by atoms with Gasteiger partial charge in [-0.1, -0.05) is 18.2 Å². The van der Waals surface area contributed by atoms with Crippen molar-refractivity contribution in [2.24, 2.45) is 5.73 Å². The molecule has 0 unspecified atom stereocenters. The summed E-state index contributed by atoms with van der Waals surface area (Å²) in [4.78, 5) is 0. The van der Waals surface area contributed by atoms with Crippen LogP contribution in [0, 0.1) is 17.5 Å². The van der Waals surface area contributed by atoms with Crippen molar-refractivity contribution in [2.45, 2.75) is 6.54 Å². The number of nitrogens with two attached hydrogens (primary N) is 1. The highest BCUT2D eigenvalue weighted by Gasteiger charge is 2.15. The summed E-state index contributed by atoms with van der Waals surface area (Å²) in [5.74, 6) is -3.46. The maximum absolute atomic E-state index is 13.6. The molecule has 19 heavy (non-hydrogen) atoms. The van der Waals surface area contributed by atoms with Crippen molar-refractivity contribution >= 4 is 12.4 Å². The zero-order valence-corrected chi connectivity index (χ0v) is 10.5. The van der Waals surface area contributed by atoms with E-state index in [4.69, 9.17) is 10.5 Å². The van der Waals surface area contributed by atoms with E-state index in [-0.39, 0.29) is 36.0 Å². The van der Waals surface area contributed by atoms with Gasteiger partial charge in [-0.25, -0.2) is 8.78 Å². The molecular formula is C13H11ClF3NO. The zero-order valence-electron chi connectivity index (χ0n) is 9.70. The quantitative estimate of drug-likeness (QED) is 0.933. The van der Waals surface area contributed by atoms with E-state index in [9.17, 15) is 13.2 Å². The molecule has 0 heterocycles. The second kappa shape index (κ2) is 6.45. The number of rotatable bonds is 3. The summed E-state index contributed by atoms with van der Waals surface area (Å²) in [6.45, 7) is -0.122. The van der Waals surface area contributed by atoms with Crippen LogP contribution < -0.4 is 10.5 Å². The highest BCUT2D eigenvalue weighted by molar-refractivity contribution is 5.85. The average molecular weight is 290 g/mol. The van der Waals surface area contributed by atoms with Gasteiger partial charge in [0.1, 0.15) is 0 Å². The fourth-order valence-electron chi connectivity index (χ4n) is 1.45. The lowest BCUT2D eigenvalue weighted by Crippen LogP contribution is -2.03. The van der Waals surface area contributed by atoms with Gasteiger partial charge in [0.25, 0.3) is 0 Å². The van der Waals surface area contributed by atoms with Crippen LogP contribution in [-0.4, -0.2) is 0 Å². The van der Waals surface area contributed by atoms with Gasteiger partial charge in [-0.15, -0.1) is 12.4 Å². The van der Waals surface area contributed by atoms with Gasteiger partial charge in [0.2, 0.25) is 5.82 Å². The second-order valence-corrected chi connectivity index (χ2v) is 3.59. The topological polar surface area (TPSA) is 35.2 Å². The molecule has 2 aromatic rings. The van der Waals surface area contributed by atoms with Crippen LogP contribution in [0.1, 0.15) is 5.56 Å². The monoisotopic (exact) mass is 289 g/mol. The number of ether oxygens (including phenoxy) is 1. The van der Waals surface area contributed by atoms with Gasteiger partial charge < -0.3 is 10.5 Å². The van der Waals surface area contributed by atoms with Crippen molar-refractivity contribution in [3.63, 3.8) is 0 Å². The normalized spacial score (nSPS) is 9.89. The Bertz CT molecular complexity index is 578. The summed E-state index contributed by atoms with van der Waals surface area (Å²) >= 11 is 0. The third-order valence-corrected chi connectivity index (χ3v) is 2.40. The van der Waals surface area contributed by atoms with Crippen LogP contribution in [0.25, 0.3) is 0 Å². The fourth-order valence-corrected chi connectivity index (χ4v) is 1.45. The average Bonchev–Trinajstić information content (AvgIpc) is 2.38. The fraction of sp³-hybridized carbons (Fsp3) is 0.0769. The maximum atomic E-state index is 13.6. The number of hydrogen-bond donors (Lipinski definition) is 1. The Labute approximate surface area is 114 Å². The van der Waals surface area contributed by atoms with Crippen LogP contribution >= 0.6 is 12.4 Å². The van der Waals surface area contributed by atoms with Crippen LogP contribution in [-0.2, 0) is 6.54 Å². The summed E-state index contributed by atoms with van der Waals surface area (Å²) in [5.41, 5.74) is 5.27. The lowest BCUT2D eigenvalue weighted by Gasteiger charge is -2.09. The molecule has 0 saturated heterocycles. The molecule has 2 aromatic carbocycles. The maximum Gasteiger partial charge on any atom is 0.201 e. The lowest BCUT2D eigenvalue weighted by molar-refractivity contribution is 0.395. The van der Waals surface area contributed by atoms with E-state index in [1.54, 1.807) is 0 Å². The van der Waals surface area contributed by atoms with Crippen molar-refractivity contribution in [3.05, 3.63) is 59.4 Å². The first-order valence-electron chi connectivity index (χ1n) is 5.23. The van der Waals surface area contributed by atoms with E-state index < -0.39 is 17.5 Å². The molecule has 0 radical (unpaired) electrons. The highest BCUT2D eigenvalue weighted by atomic mass is 35.5. The molecule has 0 fully saturated rings. The number of para-hydroxylation sites is 1. The Hall–Kier alpha value is -1.72. The second-order valence-electron chi connectivity index (χ2n) is 3.59. The molecule has 0 amide bonds. The van der Waals surface area contributed by atoms with Crippen LogP contribution in [0.3, 0.4) is 0 Å². The predicted octanol–water partition coefficient (Wildman–Crippen LogP) is 3.78. The van der Waals surface area contributed by atoms with E-state index in [1.165, 1.54) is 30.3 Å². The summed E-state index contributed by atoms with van der Waals surface area (Å²) in [6.07, 6.45) is 0. The number of benzene rings is 2. The first kappa shape index (κ1) is 15.3. The molecule has 2 rings (SSSR count). The van der Waals surface area contributed by atoms with E-state index >= 15 is 0 Å². The van der Waals surface area contributed by atoms with Crippen LogP contribution in [0.5, 0.6) is 11.5 Å². The molecule has 0 bridgehead atoms. The van der Waals surface area contributed by atoms with E-state index in [1.807, 2.05) is 0 Å². The largest absolute Gasteiger partial charge is 0.451 e. The smallest absolute Gasteiger partial charge is 0.201 e. The first-order chi connectivity index (χ1) is 8.63. The minimum absolute atomic E-state index is 0. The molecule has 0 aromatic heterocycles. The van der Waals surface area contributed by atoms with Crippen molar-refractivity contribution in [1.29, 1.82) is 0 Å². The van der Waals surface area contributed by atoms with Crippen molar-refractivity contribution in [1.82, 2.24) is 0 Å². The number of hydrogen-bond acceptors (Lipinski definition) is 2. The lowest BCUT2D eigenvalue weighted by atomic mass is 10.2. The SMILES string of the molecule is Cl.NCc1ccc(Oc2ccccc2F)c(F)c1F. The predicted molar refractivity (Wildman–Crippen MR) is 68.0 cm³/mol. The highest BCUT2D eigenvalue weighted by Crippen LogP contribution is 2.28. The standard InChI is InChI=1S/C13H10F3NO.ClH/c14-9-3-1-2-4-10(9)18-11-6-5-8(7-17)12(15)13(11)16;/h1-6H,7,17H2;1H. The molecule has 6 heteroatoms. The molecule has 0 aliphatic heterocycles. The van der Waals surface area contributed by atoms with Gasteiger partial charge in [0.05, 0.1) is 0 Å². The van der Waals surface area contributed by atoms with Crippen LogP contribution in [0.15, 0.2) is 36.4 Å². The third-order valence-electron chi connectivity index (χ3n) is 2.40. The van der Waals surface area contributed by atoms with E-state index in [0.717, 1.165) is 6.07 Å². The molecular weight excluding hydrogens is 279 g/mol. The summed E-state index contributed by atoms with van der Waals surface area (Å²) < 4.78 is 45.3. The zero-order chi connectivity index (χ0) is 13.1. The summed E-state index contributed by atoms with van der Waals surface area (Å²) in [5, 5.41) is 0. The summed E-state index contributed by atoms with van der Waals surface area (Å²) in [6, 6.07) is 8.00. The minimum Gasteiger partial charge on any atom is -0.451 e. The van der Waals surface area contributed by atoms with Gasteiger partial charge in [0, 0.05) is 12.1 Å². The van der Waals surface area contributed by atoms with Crippen LogP contribution in [0.4, 0.5) is 13.2 Å². The molecule has 2 nitrogen and oxygen atoms in total. The van der Waals surface area contributed by atoms with Gasteiger partial charge >= 0.3 is 0 Å². The van der Waals surface area contributed by atoms with Gasteiger partial charge in [0.15, 0.2) is 23.1 Å². The van der Waals surface area contributed by atoms with Gasteiger partial charge in [-0.3, -0.25) is 0 Å². The minimum atomic E-state index is -1.18. The first-order valence-corrected chi connectivity index (χ1v) is 5.23. The molecule has 102 valence electrons. The number of halogens is 4. The van der Waals surface area contributed by atoms with Gasteiger partial charge in [-0.05, 0) is 18.2 Å². The Balaban J connectivity index is 0.00000180. The van der Waals surface area contributed by atoms with Gasteiger partial charge in [-0.2, -0.15) is 4.39 Å². The van der Waals surface area contributed by atoms with Crippen LogP contribution in [0.2, 0.25) is 0 Å². The molecule has 0 atom stereocenters.